The summed E-state index contributed by atoms with van der Waals surface area (Å²) < 4.78 is 185. The van der Waals surface area contributed by atoms with Gasteiger partial charge in [0.15, 0.2) is 0 Å². The van der Waals surface area contributed by atoms with Crippen LogP contribution in [0.15, 0.2) is 218 Å². The summed E-state index contributed by atoms with van der Waals surface area (Å²) in [5.41, 5.74) is -1.76. The molecule has 0 bridgehead atoms. The molecule has 0 spiro atoms. The van der Waals surface area contributed by atoms with Crippen molar-refractivity contribution in [3.8, 4) is 0 Å². The maximum atomic E-state index is 13.8. The number of benzene rings is 8. The van der Waals surface area contributed by atoms with Gasteiger partial charge in [0, 0.05) is 52.9 Å². The minimum absolute atomic E-state index is 0. The normalized spacial score (nSPS) is 11.4. The van der Waals surface area contributed by atoms with Crippen LogP contribution in [0.1, 0.15) is 79.1 Å². The molecule has 8 rings (SSSR count). The molecule has 0 radical (unpaired) electrons. The molecule has 0 aromatic heterocycles. The minimum atomic E-state index is -4.94. The Hall–Kier alpha value is -6.11. The number of halogens is 12. The minimum Gasteiger partial charge on any atom is -0.382 e. The summed E-state index contributed by atoms with van der Waals surface area (Å²) in [6.45, 7) is 22.7. The van der Waals surface area contributed by atoms with Crippen LogP contribution in [0.2, 0.25) is 0 Å². The van der Waals surface area contributed by atoms with Gasteiger partial charge in [-0.3, -0.25) is 0 Å². The predicted octanol–water partition coefficient (Wildman–Crippen LogP) is 11.5. The van der Waals surface area contributed by atoms with Crippen molar-refractivity contribution in [3.05, 3.63) is 241 Å². The summed E-state index contributed by atoms with van der Waals surface area (Å²) in [6, 6.07) is 56.0. The van der Waals surface area contributed by atoms with Crippen LogP contribution >= 0.6 is 0 Å². The van der Waals surface area contributed by atoms with Crippen molar-refractivity contribution in [3.63, 3.8) is 0 Å². The number of rotatable bonds is 16. The second-order valence-corrected chi connectivity index (χ2v) is 19.0. The number of ether oxygens (including phenoxy) is 4. The van der Waals surface area contributed by atoms with E-state index in [-0.39, 0.29) is 54.0 Å². The Morgan fingerprint density at radius 2 is 0.379 bits per heavy atom. The van der Waals surface area contributed by atoms with Crippen molar-refractivity contribution in [1.29, 1.82) is 0 Å². The Kier molecular flexibility index (Phi) is 33.9. The van der Waals surface area contributed by atoms with E-state index in [1.54, 1.807) is 182 Å². The molecular weight excluding hydrogens is 1150 g/mol. The van der Waals surface area contributed by atoms with E-state index in [4.69, 9.17) is 18.9 Å². The van der Waals surface area contributed by atoms with Gasteiger partial charge in [0.1, 0.15) is 12.3 Å². The van der Waals surface area contributed by atoms with Gasteiger partial charge >= 0.3 is 55.7 Å². The van der Waals surface area contributed by atoms with E-state index in [0.29, 0.717) is 32.8 Å². The van der Waals surface area contributed by atoms with Crippen LogP contribution < -0.4 is 73.3 Å². The average Bonchev–Trinajstić information content (AvgIpc) is 0.995. The van der Waals surface area contributed by atoms with Crippen molar-refractivity contribution in [2.45, 2.75) is 80.1 Å². The molecule has 0 fully saturated rings. The van der Waals surface area contributed by atoms with Gasteiger partial charge in [-0.05, 0) is 67.5 Å². The maximum absolute atomic E-state index is 13.8. The van der Waals surface area contributed by atoms with Gasteiger partial charge in [-0.1, -0.05) is 206 Å². The maximum Gasteiger partial charge on any atom is 1.00 e. The van der Waals surface area contributed by atoms with E-state index < -0.39 is 59.3 Å². The van der Waals surface area contributed by atoms with E-state index in [2.05, 4.69) is 0 Å². The Morgan fingerprint density at radius 1 is 0.241 bits per heavy atom. The first kappa shape index (κ1) is 77.0. The zero-order chi connectivity index (χ0) is 63.9. The molecule has 0 saturated carbocycles. The van der Waals surface area contributed by atoms with Crippen molar-refractivity contribution in [2.75, 3.05) is 52.9 Å². The zero-order valence-electron chi connectivity index (χ0n) is 51.8. The molecule has 0 N–H and O–H groups in total. The Morgan fingerprint density at radius 3 is 0.483 bits per heavy atom. The summed E-state index contributed by atoms with van der Waals surface area (Å²) in [5, 5.41) is 0. The first-order valence-corrected chi connectivity index (χ1v) is 28.5. The molecule has 0 unspecified atom stereocenters. The first-order chi connectivity index (χ1) is 40.9. The van der Waals surface area contributed by atoms with E-state index >= 15 is 0 Å². The predicted molar refractivity (Wildman–Crippen MR) is 330 cm³/mol. The van der Waals surface area contributed by atoms with Crippen LogP contribution in [0.4, 0.5) is 52.7 Å². The van der Waals surface area contributed by atoms with Crippen LogP contribution in [0, 0.1) is 0 Å². The van der Waals surface area contributed by atoms with E-state index in [1.165, 1.54) is 0 Å². The number of hydrogen-bond donors (Lipinski definition) is 0. The number of alkyl halides is 12. The fourth-order valence-corrected chi connectivity index (χ4v) is 10.0. The van der Waals surface area contributed by atoms with Crippen molar-refractivity contribution >= 4 is 56.0 Å². The molecule has 8 aromatic carbocycles. The molecule has 87 heavy (non-hydrogen) atoms. The summed E-state index contributed by atoms with van der Waals surface area (Å²) in [5.74, 6) is 0. The summed E-state index contributed by atoms with van der Waals surface area (Å²) in [6.07, 6.45) is -24.5. The first-order valence-electron chi connectivity index (χ1n) is 28.5. The third kappa shape index (κ3) is 22.8. The van der Waals surface area contributed by atoms with Crippen LogP contribution in [-0.4, -0.2) is 65.1 Å². The number of hydrogen-bond acceptors (Lipinski definition) is 4. The van der Waals surface area contributed by atoms with Crippen LogP contribution in [0.5, 0.6) is 0 Å². The van der Waals surface area contributed by atoms with Gasteiger partial charge in [0.25, 0.3) is 0 Å². The van der Waals surface area contributed by atoms with Crippen molar-refractivity contribution < 1.29 is 103 Å². The van der Waals surface area contributed by atoms with Gasteiger partial charge in [-0.15, -0.1) is 0 Å². The fraction of sp³-hybridized carbons (Fsp3) is 0.294. The van der Waals surface area contributed by atoms with Gasteiger partial charge in [0.2, 0.25) is 0 Å². The topological polar surface area (TPSA) is 36.9 Å². The molecule has 0 saturated heterocycles. The molecule has 0 aliphatic carbocycles. The Balaban J connectivity index is 0.000000661. The summed E-state index contributed by atoms with van der Waals surface area (Å²) in [4.78, 5) is 0. The van der Waals surface area contributed by atoms with Crippen molar-refractivity contribution in [2.24, 2.45) is 0 Å². The summed E-state index contributed by atoms with van der Waals surface area (Å²) >= 11 is 0. The van der Waals surface area contributed by atoms with E-state index in [9.17, 15) is 52.7 Å². The van der Waals surface area contributed by atoms with E-state index in [1.807, 2.05) is 55.4 Å². The molecule has 0 aliphatic heterocycles. The third-order valence-electron chi connectivity index (χ3n) is 13.7. The largest absolute Gasteiger partial charge is 1.00 e. The molecule has 4 nitrogen and oxygen atoms in total. The molecule has 0 heterocycles. The molecule has 19 heteroatoms. The molecular formula is C68H77B2F12NaO4. The van der Waals surface area contributed by atoms with Crippen molar-refractivity contribution in [1.82, 2.24) is 0 Å². The Labute approximate surface area is 529 Å². The van der Waals surface area contributed by atoms with Crippen LogP contribution in [0.3, 0.4) is 0 Å². The smallest absolute Gasteiger partial charge is 0.382 e. The Bertz CT molecular complexity index is 2600. The molecule has 0 atom stereocenters. The van der Waals surface area contributed by atoms with Crippen LogP contribution in [0.25, 0.3) is 0 Å². The van der Waals surface area contributed by atoms with Gasteiger partial charge in [-0.2, -0.15) is 96.4 Å². The zero-order valence-corrected chi connectivity index (χ0v) is 52.8. The second-order valence-electron chi connectivity index (χ2n) is 19.0. The van der Waals surface area contributed by atoms with E-state index in [0.717, 1.165) is 77.1 Å². The van der Waals surface area contributed by atoms with Gasteiger partial charge < -0.3 is 18.9 Å². The molecule has 8 aromatic rings. The van der Waals surface area contributed by atoms with Gasteiger partial charge in [-0.25, -0.2) is 0 Å². The quantitative estimate of drug-likeness (QED) is 0.0714. The molecule has 464 valence electrons. The standard InChI is InChI=1S/2C26H18BF6.4C4H10O.Na/c2*28-25(29,30)19-16-20(26(31,32)33)18-24(17-19)27(21-10-4-1-5-11-21,22-12-6-2-7-13-22)23-14-8-3-9-15-23;4*1-3-5-4-2;/h2*1-18H;4*3-4H2,1-2H3;/q2*-1;;;;;+1/p+1. The van der Waals surface area contributed by atoms with Gasteiger partial charge in [0.05, 0.1) is 22.3 Å². The summed E-state index contributed by atoms with van der Waals surface area (Å²) in [7, 11) is 0. The fourth-order valence-electron chi connectivity index (χ4n) is 10.0. The van der Waals surface area contributed by atoms with Crippen LogP contribution in [-0.2, 0) is 43.7 Å². The SMILES string of the molecule is CCOCC.CCOCC.CCOCC.CCOCC.FC(F)(F)c1cc([B-](c2ccccc2)(c2ccccc2)c2ccccc2)cc(C(F)(F)F)c1.FC(F)(F)c1cc([B-](c2ccccc2)(c2ccccc2)c2ccccc2)cc(C(F)(F)F)c1.[H+].[Na+]. The monoisotopic (exact) mass is 1230 g/mol. The molecule has 0 amide bonds. The third-order valence-corrected chi connectivity index (χ3v) is 13.7. The average molecular weight is 1230 g/mol. The second kappa shape index (κ2) is 38.3. The molecule has 0 aliphatic rings.